The first kappa shape index (κ1) is 24.1. The van der Waals surface area contributed by atoms with Crippen LogP contribution in [0.2, 0.25) is 0 Å². The number of anilines is 2. The number of benzene rings is 2. The molecule has 29 heavy (non-hydrogen) atoms. The molecule has 0 aliphatic heterocycles. The first-order valence-corrected chi connectivity index (χ1v) is 9.06. The molecule has 0 aliphatic carbocycles. The van der Waals surface area contributed by atoms with Crippen molar-refractivity contribution in [1.82, 2.24) is 5.32 Å². The van der Waals surface area contributed by atoms with Crippen molar-refractivity contribution in [3.05, 3.63) is 60.2 Å². The second kappa shape index (κ2) is 11.2. The monoisotopic (exact) mass is 418 g/mol. The van der Waals surface area contributed by atoms with Crippen molar-refractivity contribution in [2.45, 2.75) is 19.9 Å². The molecule has 0 saturated heterocycles. The third kappa shape index (κ3) is 6.89. The summed E-state index contributed by atoms with van der Waals surface area (Å²) in [6.45, 7) is 3.47. The fraction of sp³-hybridized carbons (Fsp3) is 0.286. The van der Waals surface area contributed by atoms with Crippen molar-refractivity contribution >= 4 is 41.5 Å². The summed E-state index contributed by atoms with van der Waals surface area (Å²) in [7, 11) is 1.69. The number of halogens is 1. The highest BCUT2D eigenvalue weighted by atomic mass is 35.5. The average molecular weight is 419 g/mol. The second-order valence-electron chi connectivity index (χ2n) is 6.82. The number of hydrogen-bond donors (Lipinski definition) is 3. The Labute approximate surface area is 177 Å². The first-order valence-electron chi connectivity index (χ1n) is 9.06. The van der Waals surface area contributed by atoms with E-state index in [1.165, 1.54) is 4.90 Å². The van der Waals surface area contributed by atoms with E-state index in [0.29, 0.717) is 11.3 Å². The van der Waals surface area contributed by atoms with Crippen LogP contribution in [-0.4, -0.2) is 37.4 Å². The number of nitrogens with one attached hydrogen (secondary N) is 2. The molecule has 8 heteroatoms. The summed E-state index contributed by atoms with van der Waals surface area (Å²) < 4.78 is 0. The molecule has 156 valence electrons. The van der Waals surface area contributed by atoms with E-state index in [0.717, 1.165) is 5.69 Å². The summed E-state index contributed by atoms with van der Waals surface area (Å²) in [4.78, 5) is 38.1. The van der Waals surface area contributed by atoms with Gasteiger partial charge in [0.2, 0.25) is 11.8 Å². The molecule has 2 aromatic carbocycles. The van der Waals surface area contributed by atoms with Gasteiger partial charge in [0.05, 0.1) is 12.6 Å². The highest BCUT2D eigenvalue weighted by Gasteiger charge is 2.18. The van der Waals surface area contributed by atoms with Crippen LogP contribution in [-0.2, 0) is 9.59 Å². The fourth-order valence-electron chi connectivity index (χ4n) is 2.49. The van der Waals surface area contributed by atoms with Crippen molar-refractivity contribution in [2.75, 3.05) is 23.8 Å². The largest absolute Gasteiger partial charge is 0.346 e. The van der Waals surface area contributed by atoms with Crippen molar-refractivity contribution < 1.29 is 14.4 Å². The highest BCUT2D eigenvalue weighted by Crippen LogP contribution is 2.17. The van der Waals surface area contributed by atoms with Crippen molar-refractivity contribution in [1.29, 1.82) is 0 Å². The van der Waals surface area contributed by atoms with Gasteiger partial charge >= 0.3 is 0 Å². The summed E-state index contributed by atoms with van der Waals surface area (Å²) in [6.07, 6.45) is 0. The van der Waals surface area contributed by atoms with Crippen LogP contribution < -0.4 is 21.3 Å². The van der Waals surface area contributed by atoms with E-state index in [9.17, 15) is 14.4 Å². The molecular weight excluding hydrogens is 392 g/mol. The predicted molar refractivity (Wildman–Crippen MR) is 117 cm³/mol. The Morgan fingerprint density at radius 3 is 2.31 bits per heavy atom. The number of para-hydroxylation sites is 1. The van der Waals surface area contributed by atoms with Crippen LogP contribution in [0, 0.1) is 5.92 Å². The highest BCUT2D eigenvalue weighted by molar-refractivity contribution is 6.06. The summed E-state index contributed by atoms with van der Waals surface area (Å²) >= 11 is 0. The average Bonchev–Trinajstić information content (AvgIpc) is 2.71. The van der Waals surface area contributed by atoms with Gasteiger partial charge in [-0.3, -0.25) is 14.4 Å². The van der Waals surface area contributed by atoms with Gasteiger partial charge in [-0.25, -0.2) is 0 Å². The lowest BCUT2D eigenvalue weighted by Crippen LogP contribution is -2.46. The lowest BCUT2D eigenvalue weighted by Gasteiger charge is -2.18. The third-order valence-electron chi connectivity index (χ3n) is 4.29. The molecule has 0 aromatic heterocycles. The maximum absolute atomic E-state index is 12.7. The minimum atomic E-state index is -0.665. The Morgan fingerprint density at radius 1 is 1.03 bits per heavy atom. The fourth-order valence-corrected chi connectivity index (χ4v) is 2.49. The van der Waals surface area contributed by atoms with Crippen LogP contribution in [0.15, 0.2) is 54.6 Å². The SMILES string of the molecule is CC(C)[C@H](N)C(=O)NCC(=O)Nc1cccc(C(=O)N(C)c2ccccc2)c1.Cl. The number of rotatable bonds is 7. The van der Waals surface area contributed by atoms with Gasteiger partial charge in [0.15, 0.2) is 0 Å². The molecule has 0 radical (unpaired) electrons. The van der Waals surface area contributed by atoms with E-state index in [2.05, 4.69) is 10.6 Å². The normalized spacial score (nSPS) is 11.2. The smallest absolute Gasteiger partial charge is 0.258 e. The zero-order valence-corrected chi connectivity index (χ0v) is 17.5. The van der Waals surface area contributed by atoms with Crippen LogP contribution in [0.1, 0.15) is 24.2 Å². The van der Waals surface area contributed by atoms with Crippen molar-refractivity contribution in [3.8, 4) is 0 Å². The molecule has 0 heterocycles. The van der Waals surface area contributed by atoms with Gasteiger partial charge in [-0.05, 0) is 36.2 Å². The number of nitrogens with zero attached hydrogens (tertiary/aromatic N) is 1. The van der Waals surface area contributed by atoms with Crippen LogP contribution >= 0.6 is 12.4 Å². The molecule has 0 unspecified atom stereocenters. The van der Waals surface area contributed by atoms with Gasteiger partial charge in [0.25, 0.3) is 5.91 Å². The van der Waals surface area contributed by atoms with Crippen molar-refractivity contribution in [2.24, 2.45) is 11.7 Å². The zero-order chi connectivity index (χ0) is 20.7. The summed E-state index contributed by atoms with van der Waals surface area (Å²) in [5.74, 6) is -0.991. The van der Waals surface area contributed by atoms with Crippen LogP contribution in [0.3, 0.4) is 0 Å². The standard InChI is InChI=1S/C21H26N4O3.ClH/c1-14(2)19(22)20(27)23-13-18(26)24-16-9-7-8-15(12-16)21(28)25(3)17-10-5-4-6-11-17;/h4-12,14,19H,13,22H2,1-3H3,(H,23,27)(H,24,26);1H/t19-;/m0./s1. The lowest BCUT2D eigenvalue weighted by molar-refractivity contribution is -0.125. The molecule has 7 nitrogen and oxygen atoms in total. The number of hydrogen-bond acceptors (Lipinski definition) is 4. The van der Waals surface area contributed by atoms with Crippen LogP contribution in [0.4, 0.5) is 11.4 Å². The minimum Gasteiger partial charge on any atom is -0.346 e. The topological polar surface area (TPSA) is 105 Å². The van der Waals surface area contributed by atoms with Gasteiger partial charge in [0.1, 0.15) is 0 Å². The molecule has 0 spiro atoms. The molecule has 0 fully saturated rings. The Balaban J connectivity index is 0.00000420. The van der Waals surface area contributed by atoms with Gasteiger partial charge in [-0.1, -0.05) is 38.1 Å². The number of carbonyl (C=O) groups excluding carboxylic acids is 3. The zero-order valence-electron chi connectivity index (χ0n) is 16.7. The predicted octanol–water partition coefficient (Wildman–Crippen LogP) is 2.42. The number of carbonyl (C=O) groups is 3. The van der Waals surface area contributed by atoms with Gasteiger partial charge < -0.3 is 21.3 Å². The van der Waals surface area contributed by atoms with E-state index in [-0.39, 0.29) is 36.7 Å². The number of nitrogens with two attached hydrogens (primary N) is 1. The first-order chi connectivity index (χ1) is 13.3. The van der Waals surface area contributed by atoms with E-state index in [1.54, 1.807) is 31.3 Å². The van der Waals surface area contributed by atoms with Gasteiger partial charge in [0, 0.05) is 24.0 Å². The molecule has 4 N–H and O–H groups in total. The maximum atomic E-state index is 12.7. The van der Waals surface area contributed by atoms with Crippen LogP contribution in [0.25, 0.3) is 0 Å². The lowest BCUT2D eigenvalue weighted by atomic mass is 10.1. The molecule has 0 aliphatic rings. The van der Waals surface area contributed by atoms with E-state index < -0.39 is 11.9 Å². The van der Waals surface area contributed by atoms with E-state index >= 15 is 0 Å². The third-order valence-corrected chi connectivity index (χ3v) is 4.29. The summed E-state index contributed by atoms with van der Waals surface area (Å²) in [6, 6.07) is 15.3. The van der Waals surface area contributed by atoms with Gasteiger partial charge in [-0.15, -0.1) is 12.4 Å². The molecule has 0 bridgehead atoms. The quantitative estimate of drug-likeness (QED) is 0.642. The summed E-state index contributed by atoms with van der Waals surface area (Å²) in [5, 5.41) is 5.18. The molecule has 2 rings (SSSR count). The Hall–Kier alpha value is -2.90. The molecule has 0 saturated carbocycles. The van der Waals surface area contributed by atoms with E-state index in [1.807, 2.05) is 44.2 Å². The van der Waals surface area contributed by atoms with Gasteiger partial charge in [-0.2, -0.15) is 0 Å². The molecule has 1 atom stereocenters. The Morgan fingerprint density at radius 2 is 1.69 bits per heavy atom. The second-order valence-corrected chi connectivity index (χ2v) is 6.82. The Kier molecular flexibility index (Phi) is 9.31. The minimum absolute atomic E-state index is 0. The molecule has 3 amide bonds. The Bertz CT molecular complexity index is 843. The number of amides is 3. The van der Waals surface area contributed by atoms with Crippen LogP contribution in [0.5, 0.6) is 0 Å². The molecular formula is C21H27ClN4O3. The van der Waals surface area contributed by atoms with Crippen molar-refractivity contribution in [3.63, 3.8) is 0 Å². The molecule has 2 aromatic rings. The van der Waals surface area contributed by atoms with E-state index in [4.69, 9.17) is 5.73 Å². The maximum Gasteiger partial charge on any atom is 0.258 e. The summed E-state index contributed by atoms with van der Waals surface area (Å²) in [5.41, 5.74) is 7.42.